The number of rotatable bonds is 5. The molecule has 4 heteroatoms. The molecule has 2 heterocycles. The molecule has 2 aromatic rings. The van der Waals surface area contributed by atoms with Crippen LogP contribution in [0, 0.1) is 0 Å². The van der Waals surface area contributed by atoms with E-state index in [1.165, 1.54) is 24.0 Å². The number of pyridine rings is 1. The van der Waals surface area contributed by atoms with E-state index in [1.54, 1.807) is 14.2 Å². The summed E-state index contributed by atoms with van der Waals surface area (Å²) in [6.07, 6.45) is 6.14. The van der Waals surface area contributed by atoms with Gasteiger partial charge < -0.3 is 9.47 Å². The number of hydrogen-bond acceptors (Lipinski definition) is 4. The van der Waals surface area contributed by atoms with Gasteiger partial charge in [0.15, 0.2) is 11.5 Å². The maximum atomic E-state index is 5.43. The highest BCUT2D eigenvalue weighted by atomic mass is 16.5. The third-order valence-electron chi connectivity index (χ3n) is 4.60. The smallest absolute Gasteiger partial charge is 0.160 e. The quantitative estimate of drug-likeness (QED) is 0.846. The Kier molecular flexibility index (Phi) is 5.13. The molecule has 0 amide bonds. The van der Waals surface area contributed by atoms with E-state index in [-0.39, 0.29) is 0 Å². The van der Waals surface area contributed by atoms with Crippen molar-refractivity contribution in [1.82, 2.24) is 9.88 Å². The number of methoxy groups -OCH3 is 2. The lowest BCUT2D eigenvalue weighted by Gasteiger charge is -2.32. The van der Waals surface area contributed by atoms with Crippen LogP contribution in [0.2, 0.25) is 0 Å². The second-order valence-electron chi connectivity index (χ2n) is 6.03. The summed E-state index contributed by atoms with van der Waals surface area (Å²) >= 11 is 0. The summed E-state index contributed by atoms with van der Waals surface area (Å²) in [6.45, 7) is 3.23. The molecule has 4 nitrogen and oxygen atoms in total. The van der Waals surface area contributed by atoms with Crippen LogP contribution >= 0.6 is 0 Å². The van der Waals surface area contributed by atoms with Gasteiger partial charge in [-0.3, -0.25) is 9.88 Å². The van der Waals surface area contributed by atoms with E-state index in [0.29, 0.717) is 5.92 Å². The molecular weight excluding hydrogens is 288 g/mol. The van der Waals surface area contributed by atoms with Crippen molar-refractivity contribution in [2.45, 2.75) is 25.3 Å². The summed E-state index contributed by atoms with van der Waals surface area (Å²) in [7, 11) is 3.37. The molecule has 0 atom stereocenters. The Labute approximate surface area is 138 Å². The fourth-order valence-corrected chi connectivity index (χ4v) is 3.28. The summed E-state index contributed by atoms with van der Waals surface area (Å²) in [4.78, 5) is 6.70. The largest absolute Gasteiger partial charge is 0.493 e. The lowest BCUT2D eigenvalue weighted by atomic mass is 9.89. The zero-order valence-electron chi connectivity index (χ0n) is 13.9. The van der Waals surface area contributed by atoms with Crippen LogP contribution in [0.1, 0.15) is 29.9 Å². The molecule has 0 radical (unpaired) electrons. The second kappa shape index (κ2) is 7.47. The van der Waals surface area contributed by atoms with Crippen LogP contribution in [0.5, 0.6) is 11.5 Å². The predicted molar refractivity (Wildman–Crippen MR) is 91.0 cm³/mol. The van der Waals surface area contributed by atoms with Gasteiger partial charge in [0.25, 0.3) is 0 Å². The average Bonchev–Trinajstić information content (AvgIpc) is 2.62. The molecule has 1 fully saturated rings. The van der Waals surface area contributed by atoms with E-state index >= 15 is 0 Å². The first-order valence-electron chi connectivity index (χ1n) is 8.13. The minimum Gasteiger partial charge on any atom is -0.493 e. The van der Waals surface area contributed by atoms with Crippen molar-refractivity contribution in [3.05, 3.63) is 53.9 Å². The van der Waals surface area contributed by atoms with Crippen molar-refractivity contribution >= 4 is 0 Å². The molecule has 0 bridgehead atoms. The summed E-state index contributed by atoms with van der Waals surface area (Å²) < 4.78 is 10.7. The van der Waals surface area contributed by atoms with Crippen molar-refractivity contribution in [2.24, 2.45) is 0 Å². The van der Waals surface area contributed by atoms with Crippen LogP contribution in [0.3, 0.4) is 0 Å². The Balaban J connectivity index is 1.60. The summed E-state index contributed by atoms with van der Waals surface area (Å²) in [5.74, 6) is 2.22. The molecule has 0 spiro atoms. The molecule has 0 N–H and O–H groups in total. The molecule has 122 valence electrons. The third kappa shape index (κ3) is 3.82. The van der Waals surface area contributed by atoms with Gasteiger partial charge in [0.1, 0.15) is 0 Å². The van der Waals surface area contributed by atoms with Crippen molar-refractivity contribution in [2.75, 3.05) is 27.3 Å². The number of nitrogens with zero attached hydrogens (tertiary/aromatic N) is 2. The number of piperidine rings is 1. The molecule has 1 aromatic heterocycles. The second-order valence-corrected chi connectivity index (χ2v) is 6.03. The van der Waals surface area contributed by atoms with Crippen LogP contribution in [0.4, 0.5) is 0 Å². The Morgan fingerprint density at radius 3 is 2.52 bits per heavy atom. The summed E-state index contributed by atoms with van der Waals surface area (Å²) in [6, 6.07) is 10.5. The van der Waals surface area contributed by atoms with Gasteiger partial charge in [-0.15, -0.1) is 0 Å². The van der Waals surface area contributed by atoms with Gasteiger partial charge in [-0.05, 0) is 61.2 Å². The zero-order chi connectivity index (χ0) is 16.1. The molecule has 1 aromatic carbocycles. The third-order valence-corrected chi connectivity index (χ3v) is 4.60. The van der Waals surface area contributed by atoms with Gasteiger partial charge >= 0.3 is 0 Å². The van der Waals surface area contributed by atoms with Gasteiger partial charge in [0.05, 0.1) is 14.2 Å². The first-order chi connectivity index (χ1) is 11.3. The maximum Gasteiger partial charge on any atom is 0.160 e. The Hall–Kier alpha value is -2.07. The minimum atomic E-state index is 0.597. The maximum absolute atomic E-state index is 5.43. The van der Waals surface area contributed by atoms with Crippen LogP contribution in [-0.2, 0) is 6.54 Å². The van der Waals surface area contributed by atoms with Crippen molar-refractivity contribution in [3.8, 4) is 11.5 Å². The van der Waals surface area contributed by atoms with Gasteiger partial charge in [0, 0.05) is 18.9 Å². The van der Waals surface area contributed by atoms with E-state index in [2.05, 4.69) is 28.1 Å². The first kappa shape index (κ1) is 15.8. The molecule has 3 rings (SSSR count). The normalized spacial score (nSPS) is 16.3. The van der Waals surface area contributed by atoms with Crippen molar-refractivity contribution in [1.29, 1.82) is 0 Å². The monoisotopic (exact) mass is 312 g/mol. The van der Waals surface area contributed by atoms with Crippen molar-refractivity contribution < 1.29 is 9.47 Å². The topological polar surface area (TPSA) is 34.6 Å². The number of aromatic nitrogens is 1. The van der Waals surface area contributed by atoms with Gasteiger partial charge in [-0.25, -0.2) is 0 Å². The van der Waals surface area contributed by atoms with Crippen molar-refractivity contribution in [3.63, 3.8) is 0 Å². The zero-order valence-corrected chi connectivity index (χ0v) is 13.9. The van der Waals surface area contributed by atoms with Gasteiger partial charge in [-0.2, -0.15) is 0 Å². The minimum absolute atomic E-state index is 0.597. The molecule has 1 saturated heterocycles. The molecule has 1 aliphatic rings. The fraction of sp³-hybridized carbons (Fsp3) is 0.421. The molecule has 23 heavy (non-hydrogen) atoms. The van der Waals surface area contributed by atoms with Crippen LogP contribution in [-0.4, -0.2) is 37.2 Å². The summed E-state index contributed by atoms with van der Waals surface area (Å²) in [5, 5.41) is 0. The lowest BCUT2D eigenvalue weighted by Crippen LogP contribution is -2.32. The fourth-order valence-electron chi connectivity index (χ4n) is 3.28. The lowest BCUT2D eigenvalue weighted by molar-refractivity contribution is 0.204. The molecular formula is C19H24N2O2. The molecule has 0 unspecified atom stereocenters. The standard InChI is InChI=1S/C19H24N2O2/c1-22-18-6-5-17(12-19(18)23-2)16-7-10-21(11-8-16)14-15-4-3-9-20-13-15/h3-6,9,12-13,16H,7-8,10-11,14H2,1-2H3. The predicted octanol–water partition coefficient (Wildman–Crippen LogP) is 3.48. The molecule has 1 aliphatic heterocycles. The van der Waals surface area contributed by atoms with Crippen LogP contribution < -0.4 is 9.47 Å². The Bertz CT molecular complexity index is 623. The average molecular weight is 312 g/mol. The highest BCUT2D eigenvalue weighted by Gasteiger charge is 2.21. The molecule has 0 saturated carbocycles. The van der Waals surface area contributed by atoms with Crippen LogP contribution in [0.15, 0.2) is 42.7 Å². The SMILES string of the molecule is COc1ccc(C2CCN(Cc3cccnc3)CC2)cc1OC. The van der Waals surface area contributed by atoms with E-state index in [9.17, 15) is 0 Å². The Morgan fingerprint density at radius 1 is 1.09 bits per heavy atom. The van der Waals surface area contributed by atoms with E-state index in [4.69, 9.17) is 9.47 Å². The van der Waals surface area contributed by atoms with Crippen LogP contribution in [0.25, 0.3) is 0 Å². The van der Waals surface area contributed by atoms with E-state index in [1.807, 2.05) is 24.5 Å². The number of benzene rings is 1. The number of hydrogen-bond donors (Lipinski definition) is 0. The van der Waals surface area contributed by atoms with Gasteiger partial charge in [0.2, 0.25) is 0 Å². The Morgan fingerprint density at radius 2 is 1.87 bits per heavy atom. The van der Waals surface area contributed by atoms with E-state index in [0.717, 1.165) is 31.1 Å². The highest BCUT2D eigenvalue weighted by molar-refractivity contribution is 5.44. The summed E-state index contributed by atoms with van der Waals surface area (Å²) in [5.41, 5.74) is 2.64. The molecule has 0 aliphatic carbocycles. The van der Waals surface area contributed by atoms with Gasteiger partial charge in [-0.1, -0.05) is 12.1 Å². The number of likely N-dealkylation sites (tertiary alicyclic amines) is 1. The number of ether oxygens (including phenoxy) is 2. The van der Waals surface area contributed by atoms with E-state index < -0.39 is 0 Å². The highest BCUT2D eigenvalue weighted by Crippen LogP contribution is 2.34. The first-order valence-corrected chi connectivity index (χ1v) is 8.13.